The van der Waals surface area contributed by atoms with E-state index in [1.807, 2.05) is 41.1 Å². The average molecular weight is 394 g/mol. The van der Waals surface area contributed by atoms with E-state index in [4.69, 9.17) is 28.2 Å². The Labute approximate surface area is 160 Å². The molecule has 0 aliphatic carbocycles. The molecule has 2 aromatic heterocycles. The molecule has 0 amide bonds. The number of hydrogen-bond donors (Lipinski definition) is 1. The molecule has 2 heterocycles. The molecular weight excluding hydrogens is 377 g/mol. The maximum atomic E-state index is 9.46. The van der Waals surface area contributed by atoms with Crippen molar-refractivity contribution in [2.75, 3.05) is 6.61 Å². The van der Waals surface area contributed by atoms with E-state index >= 15 is 0 Å². The fraction of sp³-hybridized carbons (Fsp3) is 0.222. The molecule has 130 valence electrons. The van der Waals surface area contributed by atoms with E-state index < -0.39 is 0 Å². The maximum absolute atomic E-state index is 9.46. The number of benzene rings is 1. The highest BCUT2D eigenvalue weighted by Gasteiger charge is 2.13. The van der Waals surface area contributed by atoms with E-state index in [2.05, 4.69) is 4.98 Å². The minimum absolute atomic E-state index is 0.0360. The molecule has 1 N–H and O–H groups in total. The van der Waals surface area contributed by atoms with Crippen molar-refractivity contribution in [2.24, 2.45) is 4.99 Å². The molecule has 0 aliphatic heterocycles. The second kappa shape index (κ2) is 8.15. The lowest BCUT2D eigenvalue weighted by Gasteiger charge is -2.11. The SMILES string of the molecule is CC(N=c1scc(-c2ccncc2)n1CCO)c1cccc(Cl)c1Cl. The standard InChI is InChI=1S/C18H17Cl2N3OS/c1-12(14-3-2-4-15(19)17(14)20)22-18-23(9-10-24)16(11-25-18)13-5-7-21-8-6-13/h2-8,11-12,24H,9-10H2,1H3. The number of nitrogens with zero attached hydrogens (tertiary/aromatic N) is 3. The number of aromatic nitrogens is 2. The number of aliphatic hydroxyl groups is 1. The molecule has 3 rings (SSSR count). The summed E-state index contributed by atoms with van der Waals surface area (Å²) in [7, 11) is 0. The summed E-state index contributed by atoms with van der Waals surface area (Å²) >= 11 is 14.0. The van der Waals surface area contributed by atoms with Crippen LogP contribution in [-0.4, -0.2) is 21.3 Å². The highest BCUT2D eigenvalue weighted by molar-refractivity contribution is 7.07. The molecule has 0 fully saturated rings. The summed E-state index contributed by atoms with van der Waals surface area (Å²) in [5.74, 6) is 0. The summed E-state index contributed by atoms with van der Waals surface area (Å²) < 4.78 is 2.01. The van der Waals surface area contributed by atoms with Crippen molar-refractivity contribution < 1.29 is 5.11 Å². The number of pyridine rings is 1. The van der Waals surface area contributed by atoms with Crippen molar-refractivity contribution in [3.8, 4) is 11.3 Å². The number of thiazole rings is 1. The van der Waals surface area contributed by atoms with Crippen molar-refractivity contribution in [1.29, 1.82) is 0 Å². The summed E-state index contributed by atoms with van der Waals surface area (Å²) in [4.78, 5) is 9.68. The molecule has 7 heteroatoms. The van der Waals surface area contributed by atoms with Crippen LogP contribution >= 0.6 is 34.5 Å². The van der Waals surface area contributed by atoms with Gasteiger partial charge in [0, 0.05) is 29.9 Å². The Kier molecular flexibility index (Phi) is 5.91. The molecule has 1 atom stereocenters. The van der Waals surface area contributed by atoms with Gasteiger partial charge >= 0.3 is 0 Å². The number of aliphatic hydroxyl groups excluding tert-OH is 1. The predicted octanol–water partition coefficient (Wildman–Crippen LogP) is 4.57. The topological polar surface area (TPSA) is 50.4 Å². The van der Waals surface area contributed by atoms with Gasteiger partial charge in [0.2, 0.25) is 0 Å². The minimum atomic E-state index is -0.153. The first-order valence-electron chi connectivity index (χ1n) is 7.79. The Bertz CT molecular complexity index is 922. The van der Waals surface area contributed by atoms with E-state index in [0.717, 1.165) is 21.6 Å². The van der Waals surface area contributed by atoms with Crippen LogP contribution in [0.4, 0.5) is 0 Å². The second-order valence-electron chi connectivity index (χ2n) is 5.46. The molecule has 0 aliphatic rings. The molecule has 1 unspecified atom stereocenters. The largest absolute Gasteiger partial charge is 0.395 e. The second-order valence-corrected chi connectivity index (χ2v) is 7.08. The van der Waals surface area contributed by atoms with Crippen LogP contribution in [0, 0.1) is 0 Å². The zero-order valence-electron chi connectivity index (χ0n) is 13.6. The normalized spacial score (nSPS) is 13.2. The molecular formula is C18H17Cl2N3OS. The summed E-state index contributed by atoms with van der Waals surface area (Å²) in [6.07, 6.45) is 3.50. The number of hydrogen-bond acceptors (Lipinski definition) is 4. The average Bonchev–Trinajstić information content (AvgIpc) is 3.01. The smallest absolute Gasteiger partial charge is 0.185 e. The molecule has 4 nitrogen and oxygen atoms in total. The molecule has 25 heavy (non-hydrogen) atoms. The first-order valence-corrected chi connectivity index (χ1v) is 9.42. The monoisotopic (exact) mass is 393 g/mol. The van der Waals surface area contributed by atoms with E-state index in [1.165, 1.54) is 11.3 Å². The first kappa shape index (κ1) is 18.1. The van der Waals surface area contributed by atoms with Crippen LogP contribution in [0.3, 0.4) is 0 Å². The lowest BCUT2D eigenvalue weighted by atomic mass is 10.1. The molecule has 0 spiro atoms. The molecule has 0 radical (unpaired) electrons. The third-order valence-electron chi connectivity index (χ3n) is 3.83. The van der Waals surface area contributed by atoms with Crippen molar-refractivity contribution in [3.05, 3.63) is 68.5 Å². The van der Waals surface area contributed by atoms with E-state index in [1.54, 1.807) is 18.5 Å². The van der Waals surface area contributed by atoms with Gasteiger partial charge in [-0.3, -0.25) is 9.98 Å². The van der Waals surface area contributed by atoms with Crippen LogP contribution in [0.1, 0.15) is 18.5 Å². The highest BCUT2D eigenvalue weighted by atomic mass is 35.5. The van der Waals surface area contributed by atoms with Gasteiger partial charge in [-0.15, -0.1) is 11.3 Å². The third-order valence-corrected chi connectivity index (χ3v) is 5.54. The Hall–Kier alpha value is -1.66. The van der Waals surface area contributed by atoms with Crippen LogP contribution in [-0.2, 0) is 6.54 Å². The molecule has 0 bridgehead atoms. The lowest BCUT2D eigenvalue weighted by Crippen LogP contribution is -2.19. The van der Waals surface area contributed by atoms with E-state index in [9.17, 15) is 5.11 Å². The summed E-state index contributed by atoms with van der Waals surface area (Å²) in [5, 5.41) is 12.5. The van der Waals surface area contributed by atoms with Gasteiger partial charge in [0.25, 0.3) is 0 Å². The third kappa shape index (κ3) is 3.96. The maximum Gasteiger partial charge on any atom is 0.185 e. The predicted molar refractivity (Wildman–Crippen MR) is 103 cm³/mol. The van der Waals surface area contributed by atoms with Crippen LogP contribution in [0.2, 0.25) is 10.0 Å². The molecule has 3 aromatic rings. The van der Waals surface area contributed by atoms with Gasteiger partial charge in [0.15, 0.2) is 4.80 Å². The van der Waals surface area contributed by atoms with Crippen molar-refractivity contribution in [2.45, 2.75) is 19.5 Å². The lowest BCUT2D eigenvalue weighted by molar-refractivity contribution is 0.275. The van der Waals surface area contributed by atoms with Crippen LogP contribution in [0.15, 0.2) is 53.1 Å². The van der Waals surface area contributed by atoms with Crippen molar-refractivity contribution >= 4 is 34.5 Å². The number of halogens is 2. The van der Waals surface area contributed by atoms with E-state index in [-0.39, 0.29) is 12.6 Å². The minimum Gasteiger partial charge on any atom is -0.395 e. The molecule has 1 aromatic carbocycles. The van der Waals surface area contributed by atoms with Gasteiger partial charge in [-0.1, -0.05) is 35.3 Å². The van der Waals surface area contributed by atoms with Gasteiger partial charge in [0.1, 0.15) is 0 Å². The van der Waals surface area contributed by atoms with Crippen LogP contribution < -0.4 is 4.80 Å². The number of rotatable bonds is 5. The van der Waals surface area contributed by atoms with E-state index in [0.29, 0.717) is 16.6 Å². The van der Waals surface area contributed by atoms with Gasteiger partial charge in [-0.2, -0.15) is 0 Å². The Morgan fingerprint density at radius 3 is 2.72 bits per heavy atom. The Morgan fingerprint density at radius 2 is 2.00 bits per heavy atom. The zero-order chi connectivity index (χ0) is 17.8. The van der Waals surface area contributed by atoms with Gasteiger partial charge in [-0.05, 0) is 30.7 Å². The first-order chi connectivity index (χ1) is 12.1. The quantitative estimate of drug-likeness (QED) is 0.689. The van der Waals surface area contributed by atoms with Crippen LogP contribution in [0.25, 0.3) is 11.3 Å². The van der Waals surface area contributed by atoms with Gasteiger partial charge < -0.3 is 9.67 Å². The Morgan fingerprint density at radius 1 is 1.24 bits per heavy atom. The van der Waals surface area contributed by atoms with Gasteiger partial charge in [-0.25, -0.2) is 0 Å². The molecule has 0 saturated carbocycles. The summed E-state index contributed by atoms with van der Waals surface area (Å²) in [5.41, 5.74) is 2.92. The van der Waals surface area contributed by atoms with Gasteiger partial charge in [0.05, 0.1) is 28.4 Å². The fourth-order valence-corrected chi connectivity index (χ4v) is 4.06. The van der Waals surface area contributed by atoms with Crippen molar-refractivity contribution in [3.63, 3.8) is 0 Å². The van der Waals surface area contributed by atoms with Crippen molar-refractivity contribution in [1.82, 2.24) is 9.55 Å². The fourth-order valence-electron chi connectivity index (χ4n) is 2.58. The molecule has 0 saturated heterocycles. The Balaban J connectivity index is 2.06. The highest BCUT2D eigenvalue weighted by Crippen LogP contribution is 2.31. The zero-order valence-corrected chi connectivity index (χ0v) is 15.9. The van der Waals surface area contributed by atoms with Crippen LogP contribution in [0.5, 0.6) is 0 Å². The summed E-state index contributed by atoms with van der Waals surface area (Å²) in [6.45, 7) is 2.48. The summed E-state index contributed by atoms with van der Waals surface area (Å²) in [6, 6.07) is 9.29.